The van der Waals surface area contributed by atoms with E-state index in [2.05, 4.69) is 26.1 Å². The van der Waals surface area contributed by atoms with Crippen molar-refractivity contribution in [1.82, 2.24) is 9.80 Å². The van der Waals surface area contributed by atoms with E-state index in [-0.39, 0.29) is 36.9 Å². The number of rotatable bonds is 6. The van der Waals surface area contributed by atoms with Crippen LogP contribution in [0.3, 0.4) is 0 Å². The number of benzene rings is 1. The van der Waals surface area contributed by atoms with Gasteiger partial charge in [-0.3, -0.25) is 19.4 Å². The van der Waals surface area contributed by atoms with Crippen LogP contribution in [0.25, 0.3) is 0 Å². The Balaban J connectivity index is 0.00000312. The Morgan fingerprint density at radius 3 is 2.40 bits per heavy atom. The van der Waals surface area contributed by atoms with E-state index in [4.69, 9.17) is 5.11 Å². The number of piperidine rings is 1. The molecule has 6 nitrogen and oxygen atoms in total. The van der Waals surface area contributed by atoms with E-state index >= 15 is 0 Å². The number of carboxylic acid groups (broad SMARTS) is 1. The van der Waals surface area contributed by atoms with Crippen LogP contribution in [0.4, 0.5) is 5.69 Å². The molecule has 1 aliphatic rings. The molecule has 1 fully saturated rings. The molecule has 140 valence electrons. The molecule has 0 saturated carbocycles. The summed E-state index contributed by atoms with van der Waals surface area (Å²) in [5, 5.41) is 11.8. The number of carbonyl (C=O) groups excluding carboxylic acids is 1. The Morgan fingerprint density at radius 1 is 1.32 bits per heavy atom. The Morgan fingerprint density at radius 2 is 1.88 bits per heavy atom. The molecule has 2 rings (SSSR count). The molecular formula is C17H25BrClN3O3. The van der Waals surface area contributed by atoms with Crippen LogP contribution in [0.5, 0.6) is 0 Å². The Kier molecular flexibility index (Phi) is 8.85. The number of nitrogens with one attached hydrogen (secondary N) is 1. The Hall–Kier alpha value is -1.15. The van der Waals surface area contributed by atoms with Gasteiger partial charge in [0.25, 0.3) is 0 Å². The fraction of sp³-hybridized carbons (Fsp3) is 0.529. The first-order chi connectivity index (χ1) is 11.4. The minimum atomic E-state index is -0.804. The van der Waals surface area contributed by atoms with Gasteiger partial charge >= 0.3 is 5.97 Å². The summed E-state index contributed by atoms with van der Waals surface area (Å²) < 4.78 is 0.973. The second-order valence-corrected chi connectivity index (χ2v) is 7.16. The number of amides is 1. The van der Waals surface area contributed by atoms with Crippen molar-refractivity contribution in [2.45, 2.75) is 31.8 Å². The van der Waals surface area contributed by atoms with Crippen LogP contribution in [-0.4, -0.2) is 65.5 Å². The van der Waals surface area contributed by atoms with Crippen LogP contribution >= 0.6 is 28.3 Å². The van der Waals surface area contributed by atoms with Crippen molar-refractivity contribution in [2.75, 3.05) is 32.0 Å². The Bertz CT molecular complexity index is 577. The zero-order valence-electron chi connectivity index (χ0n) is 14.4. The van der Waals surface area contributed by atoms with Crippen LogP contribution in [0, 0.1) is 0 Å². The van der Waals surface area contributed by atoms with Crippen molar-refractivity contribution in [2.24, 2.45) is 0 Å². The lowest BCUT2D eigenvalue weighted by atomic mass is 10.0. The molecule has 0 aliphatic carbocycles. The molecule has 0 radical (unpaired) electrons. The summed E-state index contributed by atoms with van der Waals surface area (Å²) in [6.45, 7) is 3.56. The van der Waals surface area contributed by atoms with Gasteiger partial charge in [0.05, 0.1) is 12.6 Å². The third-order valence-electron chi connectivity index (χ3n) is 4.55. The van der Waals surface area contributed by atoms with Crippen LogP contribution in [-0.2, 0) is 9.59 Å². The standard InChI is InChI=1S/C17H24BrN3O3.ClH/c1-12(17(24)19-14-5-3-13(18)4-6-14)21-9-7-15(8-10-21)20(2)11-16(22)23;/h3-6,12,15H,7-11H2,1-2H3,(H,19,24)(H,22,23);1H. The molecule has 0 aromatic heterocycles. The zero-order chi connectivity index (χ0) is 17.7. The summed E-state index contributed by atoms with van der Waals surface area (Å²) in [6.07, 6.45) is 1.75. The van der Waals surface area contributed by atoms with E-state index in [0.717, 1.165) is 36.1 Å². The third kappa shape index (κ3) is 6.58. The lowest BCUT2D eigenvalue weighted by Crippen LogP contribution is -2.50. The van der Waals surface area contributed by atoms with Gasteiger partial charge < -0.3 is 10.4 Å². The number of likely N-dealkylation sites (N-methyl/N-ethyl adjacent to an activating group) is 1. The molecule has 0 bridgehead atoms. The van der Waals surface area contributed by atoms with Gasteiger partial charge in [0.2, 0.25) is 5.91 Å². The van der Waals surface area contributed by atoms with E-state index in [1.807, 2.05) is 43.1 Å². The molecule has 1 aromatic rings. The fourth-order valence-corrected chi connectivity index (χ4v) is 3.27. The number of carbonyl (C=O) groups is 2. The largest absolute Gasteiger partial charge is 0.480 e. The average molecular weight is 435 g/mol. The number of halogens is 2. The normalized spacial score (nSPS) is 17.0. The predicted octanol–water partition coefficient (Wildman–Crippen LogP) is 2.68. The number of anilines is 1. The quantitative estimate of drug-likeness (QED) is 0.720. The van der Waals surface area contributed by atoms with Crippen molar-refractivity contribution >= 4 is 45.9 Å². The van der Waals surface area contributed by atoms with E-state index < -0.39 is 5.97 Å². The maximum atomic E-state index is 12.4. The average Bonchev–Trinajstić information content (AvgIpc) is 2.55. The molecule has 8 heteroatoms. The summed E-state index contributed by atoms with van der Waals surface area (Å²) >= 11 is 3.37. The maximum Gasteiger partial charge on any atom is 0.317 e. The molecule has 1 atom stereocenters. The minimum absolute atomic E-state index is 0. The van der Waals surface area contributed by atoms with Gasteiger partial charge in [-0.05, 0) is 51.1 Å². The minimum Gasteiger partial charge on any atom is -0.480 e. The highest BCUT2D eigenvalue weighted by molar-refractivity contribution is 9.10. The zero-order valence-corrected chi connectivity index (χ0v) is 16.8. The van der Waals surface area contributed by atoms with Gasteiger partial charge in [-0.15, -0.1) is 12.4 Å². The highest BCUT2D eigenvalue weighted by Gasteiger charge is 2.28. The number of likely N-dealkylation sites (tertiary alicyclic amines) is 1. The number of aliphatic carboxylic acids is 1. The van der Waals surface area contributed by atoms with Crippen LogP contribution in [0.2, 0.25) is 0 Å². The first kappa shape index (κ1) is 21.9. The molecule has 1 unspecified atom stereocenters. The van der Waals surface area contributed by atoms with E-state index in [0.29, 0.717) is 0 Å². The SMILES string of the molecule is CC(C(=O)Nc1ccc(Br)cc1)N1CCC(N(C)CC(=O)O)CC1.Cl. The van der Waals surface area contributed by atoms with Crippen LogP contribution in [0.1, 0.15) is 19.8 Å². The van der Waals surface area contributed by atoms with Crippen molar-refractivity contribution in [3.63, 3.8) is 0 Å². The second kappa shape index (κ2) is 10.1. The van der Waals surface area contributed by atoms with Crippen molar-refractivity contribution in [3.8, 4) is 0 Å². The number of nitrogens with zero attached hydrogens (tertiary/aromatic N) is 2. The Labute approximate surface area is 163 Å². The van der Waals surface area contributed by atoms with Gasteiger partial charge in [-0.1, -0.05) is 15.9 Å². The maximum absolute atomic E-state index is 12.4. The molecule has 25 heavy (non-hydrogen) atoms. The number of hydrogen-bond acceptors (Lipinski definition) is 4. The molecule has 1 heterocycles. The summed E-state index contributed by atoms with van der Waals surface area (Å²) in [6, 6.07) is 7.57. The lowest BCUT2D eigenvalue weighted by Gasteiger charge is -2.38. The van der Waals surface area contributed by atoms with Gasteiger partial charge in [-0.25, -0.2) is 0 Å². The lowest BCUT2D eigenvalue weighted by molar-refractivity contribution is -0.138. The second-order valence-electron chi connectivity index (χ2n) is 6.25. The molecule has 1 saturated heterocycles. The molecule has 1 aromatic carbocycles. The van der Waals surface area contributed by atoms with Gasteiger partial charge in [0.15, 0.2) is 0 Å². The monoisotopic (exact) mass is 433 g/mol. The van der Waals surface area contributed by atoms with E-state index in [9.17, 15) is 9.59 Å². The van der Waals surface area contributed by atoms with Crippen molar-refractivity contribution in [1.29, 1.82) is 0 Å². The van der Waals surface area contributed by atoms with Crippen LogP contribution in [0.15, 0.2) is 28.7 Å². The van der Waals surface area contributed by atoms with Gasteiger partial charge in [-0.2, -0.15) is 0 Å². The summed E-state index contributed by atoms with van der Waals surface area (Å²) in [5.74, 6) is -0.822. The van der Waals surface area contributed by atoms with Crippen molar-refractivity contribution < 1.29 is 14.7 Å². The first-order valence-corrected chi connectivity index (χ1v) is 8.88. The first-order valence-electron chi connectivity index (χ1n) is 8.09. The highest BCUT2D eigenvalue weighted by Crippen LogP contribution is 2.19. The predicted molar refractivity (Wildman–Crippen MR) is 104 cm³/mol. The smallest absolute Gasteiger partial charge is 0.317 e. The molecule has 1 aliphatic heterocycles. The molecular weight excluding hydrogens is 410 g/mol. The summed E-state index contributed by atoms with van der Waals surface area (Å²) in [4.78, 5) is 27.2. The van der Waals surface area contributed by atoms with Crippen LogP contribution < -0.4 is 5.32 Å². The summed E-state index contributed by atoms with van der Waals surface area (Å²) in [7, 11) is 1.85. The van der Waals surface area contributed by atoms with Crippen molar-refractivity contribution in [3.05, 3.63) is 28.7 Å². The van der Waals surface area contributed by atoms with Gasteiger partial charge in [0.1, 0.15) is 0 Å². The van der Waals surface area contributed by atoms with E-state index in [1.54, 1.807) is 0 Å². The molecule has 0 spiro atoms. The number of hydrogen-bond donors (Lipinski definition) is 2. The molecule has 2 N–H and O–H groups in total. The third-order valence-corrected chi connectivity index (χ3v) is 5.07. The van der Waals surface area contributed by atoms with E-state index in [1.165, 1.54) is 0 Å². The van der Waals surface area contributed by atoms with Gasteiger partial charge in [0, 0.05) is 29.3 Å². The fourth-order valence-electron chi connectivity index (χ4n) is 3.00. The molecule has 1 amide bonds. The summed E-state index contributed by atoms with van der Waals surface area (Å²) in [5.41, 5.74) is 0.783. The topological polar surface area (TPSA) is 72.9 Å². The number of carboxylic acids is 1. The highest BCUT2D eigenvalue weighted by atomic mass is 79.9.